The van der Waals surface area contributed by atoms with Crippen molar-refractivity contribution in [3.05, 3.63) is 59.7 Å². The van der Waals surface area contributed by atoms with Crippen LogP contribution in [0.4, 0.5) is 11.4 Å². The summed E-state index contributed by atoms with van der Waals surface area (Å²) in [6.07, 6.45) is 0. The third-order valence-electron chi connectivity index (χ3n) is 2.99. The van der Waals surface area contributed by atoms with Gasteiger partial charge in [0.15, 0.2) is 0 Å². The second-order valence-electron chi connectivity index (χ2n) is 4.45. The highest BCUT2D eigenvalue weighted by Crippen LogP contribution is 2.21. The van der Waals surface area contributed by atoms with Crippen molar-refractivity contribution in [1.82, 2.24) is 0 Å². The predicted octanol–water partition coefficient (Wildman–Crippen LogP) is 3.63. The van der Waals surface area contributed by atoms with Crippen LogP contribution in [0, 0.1) is 12.5 Å². The predicted molar refractivity (Wildman–Crippen MR) is 79.1 cm³/mol. The quantitative estimate of drug-likeness (QED) is 0.656. The van der Waals surface area contributed by atoms with Crippen molar-refractivity contribution in [3.63, 3.8) is 0 Å². The zero-order valence-electron chi connectivity index (χ0n) is 11.4. The van der Waals surface area contributed by atoms with Crippen molar-refractivity contribution < 1.29 is 4.79 Å². The summed E-state index contributed by atoms with van der Waals surface area (Å²) in [7, 11) is 1.69. The van der Waals surface area contributed by atoms with Gasteiger partial charge in [-0.25, -0.2) is 0 Å². The van der Waals surface area contributed by atoms with Crippen LogP contribution in [0.25, 0.3) is 0 Å². The van der Waals surface area contributed by atoms with Crippen LogP contribution < -0.4 is 10.3 Å². The van der Waals surface area contributed by atoms with Gasteiger partial charge in [-0.1, -0.05) is 23.4 Å². The molecule has 0 saturated heterocycles. The van der Waals surface area contributed by atoms with E-state index in [-0.39, 0.29) is 5.91 Å². The molecule has 2 N–H and O–H groups in total. The Bertz CT molecular complexity index is 625. The number of aryl methyl sites for hydroxylation is 1. The van der Waals surface area contributed by atoms with Crippen LogP contribution in [0.1, 0.15) is 15.9 Å². The first-order valence-corrected chi connectivity index (χ1v) is 6.20. The number of nitrogens with one attached hydrogen (secondary N) is 2. The summed E-state index contributed by atoms with van der Waals surface area (Å²) in [6, 6.07) is 14.6. The maximum Gasteiger partial charge on any atom is 0.255 e. The summed E-state index contributed by atoms with van der Waals surface area (Å²) in [5.41, 5.74) is 10.0. The molecular formula is C15H16N4O. The monoisotopic (exact) mass is 268 g/mol. The molecule has 0 saturated carbocycles. The molecule has 0 aliphatic heterocycles. The number of para-hydroxylation sites is 1. The molecule has 0 heterocycles. The summed E-state index contributed by atoms with van der Waals surface area (Å²) >= 11 is 0. The van der Waals surface area contributed by atoms with Gasteiger partial charge in [0, 0.05) is 18.3 Å². The number of hydrogen-bond acceptors (Lipinski definition) is 3. The number of anilines is 2. The standard InChI is InChI=1S/C15H16N4O/c1-11-10-12(8-9-14(11)19(2)18-16)15(20)17-13-6-4-3-5-7-13/h3-10,16H,1-2H3,(H,17,20). The second-order valence-corrected chi connectivity index (χ2v) is 4.45. The van der Waals surface area contributed by atoms with Gasteiger partial charge in [-0.3, -0.25) is 9.80 Å². The van der Waals surface area contributed by atoms with Gasteiger partial charge in [-0.15, -0.1) is 0 Å². The summed E-state index contributed by atoms with van der Waals surface area (Å²) in [5.74, 6) is -0.156. The number of carbonyl (C=O) groups excluding carboxylic acids is 1. The highest BCUT2D eigenvalue weighted by Gasteiger charge is 2.10. The third-order valence-corrected chi connectivity index (χ3v) is 2.99. The second kappa shape index (κ2) is 5.97. The van der Waals surface area contributed by atoms with Crippen LogP contribution in [-0.2, 0) is 0 Å². The van der Waals surface area contributed by atoms with Gasteiger partial charge in [0.05, 0.1) is 5.69 Å². The molecule has 0 spiro atoms. The van der Waals surface area contributed by atoms with Crippen LogP contribution in [0.2, 0.25) is 0 Å². The Morgan fingerprint density at radius 3 is 2.50 bits per heavy atom. The number of amides is 1. The van der Waals surface area contributed by atoms with Crippen molar-refractivity contribution in [2.75, 3.05) is 17.4 Å². The average Bonchev–Trinajstić information content (AvgIpc) is 2.47. The molecular weight excluding hydrogens is 252 g/mol. The summed E-state index contributed by atoms with van der Waals surface area (Å²) in [5, 5.41) is 7.63. The number of carbonyl (C=O) groups is 1. The fraction of sp³-hybridized carbons (Fsp3) is 0.133. The van der Waals surface area contributed by atoms with Crippen molar-refractivity contribution >= 4 is 17.3 Å². The number of nitrogens with zero attached hydrogens (tertiary/aromatic N) is 2. The third kappa shape index (κ3) is 3.00. The van der Waals surface area contributed by atoms with Gasteiger partial charge in [-0.2, -0.15) is 5.53 Å². The lowest BCUT2D eigenvalue weighted by atomic mass is 10.1. The van der Waals surface area contributed by atoms with Gasteiger partial charge in [0.2, 0.25) is 0 Å². The molecule has 0 radical (unpaired) electrons. The topological polar surface area (TPSA) is 68.6 Å². The summed E-state index contributed by atoms with van der Waals surface area (Å²) < 4.78 is 0. The van der Waals surface area contributed by atoms with E-state index in [0.717, 1.165) is 16.9 Å². The van der Waals surface area contributed by atoms with E-state index in [1.54, 1.807) is 25.2 Å². The van der Waals surface area contributed by atoms with Crippen molar-refractivity contribution in [3.8, 4) is 0 Å². The van der Waals surface area contributed by atoms with E-state index < -0.39 is 0 Å². The molecule has 0 aromatic heterocycles. The molecule has 0 aliphatic carbocycles. The number of rotatable bonds is 4. The summed E-state index contributed by atoms with van der Waals surface area (Å²) in [6.45, 7) is 1.89. The minimum atomic E-state index is -0.156. The van der Waals surface area contributed by atoms with Crippen LogP contribution in [0.3, 0.4) is 0 Å². The molecule has 2 aromatic carbocycles. The molecule has 2 rings (SSSR count). The molecule has 0 fully saturated rings. The Morgan fingerprint density at radius 1 is 1.20 bits per heavy atom. The van der Waals surface area contributed by atoms with Crippen molar-refractivity contribution in [2.24, 2.45) is 5.22 Å². The van der Waals surface area contributed by atoms with Gasteiger partial charge in [0.1, 0.15) is 0 Å². The highest BCUT2D eigenvalue weighted by atomic mass is 16.1. The Hall–Kier alpha value is -2.69. The SMILES string of the molecule is Cc1cc(C(=O)Nc2ccccc2)ccc1N(C)N=N. The zero-order valence-corrected chi connectivity index (χ0v) is 11.4. The highest BCUT2D eigenvalue weighted by molar-refractivity contribution is 6.04. The van der Waals surface area contributed by atoms with E-state index in [1.807, 2.05) is 37.3 Å². The first-order valence-electron chi connectivity index (χ1n) is 6.20. The molecule has 1 amide bonds. The number of hydrogen-bond donors (Lipinski definition) is 2. The molecule has 0 bridgehead atoms. The maximum absolute atomic E-state index is 12.1. The average molecular weight is 268 g/mol. The molecule has 0 atom stereocenters. The summed E-state index contributed by atoms with van der Waals surface area (Å²) in [4.78, 5) is 12.1. The minimum Gasteiger partial charge on any atom is -0.322 e. The molecule has 5 nitrogen and oxygen atoms in total. The molecule has 102 valence electrons. The largest absolute Gasteiger partial charge is 0.322 e. The molecule has 2 aromatic rings. The van der Waals surface area contributed by atoms with Gasteiger partial charge in [-0.05, 0) is 42.8 Å². The molecule has 0 unspecified atom stereocenters. The van der Waals surface area contributed by atoms with Crippen LogP contribution in [0.5, 0.6) is 0 Å². The smallest absolute Gasteiger partial charge is 0.255 e. The maximum atomic E-state index is 12.1. The number of benzene rings is 2. The molecule has 0 aliphatic rings. The van der Waals surface area contributed by atoms with Gasteiger partial charge in [0.25, 0.3) is 5.91 Å². The van der Waals surface area contributed by atoms with E-state index in [9.17, 15) is 4.79 Å². The van der Waals surface area contributed by atoms with Crippen LogP contribution in [-0.4, -0.2) is 13.0 Å². The first kappa shape index (κ1) is 13.7. The lowest BCUT2D eigenvalue weighted by Crippen LogP contribution is -2.13. The van der Waals surface area contributed by atoms with E-state index in [0.29, 0.717) is 5.56 Å². The Morgan fingerprint density at radius 2 is 1.90 bits per heavy atom. The van der Waals surface area contributed by atoms with Crippen LogP contribution >= 0.6 is 0 Å². The van der Waals surface area contributed by atoms with Crippen LogP contribution in [0.15, 0.2) is 53.8 Å². The normalized spacial score (nSPS) is 9.90. The lowest BCUT2D eigenvalue weighted by Gasteiger charge is -2.14. The van der Waals surface area contributed by atoms with E-state index >= 15 is 0 Å². The van der Waals surface area contributed by atoms with E-state index in [1.165, 1.54) is 5.01 Å². The Labute approximate surface area is 117 Å². The fourth-order valence-corrected chi connectivity index (χ4v) is 1.94. The Balaban J connectivity index is 2.19. The first-order chi connectivity index (χ1) is 9.61. The van der Waals surface area contributed by atoms with E-state index in [4.69, 9.17) is 5.53 Å². The minimum absolute atomic E-state index is 0.156. The zero-order chi connectivity index (χ0) is 14.5. The van der Waals surface area contributed by atoms with Crippen molar-refractivity contribution in [2.45, 2.75) is 6.92 Å². The molecule has 20 heavy (non-hydrogen) atoms. The fourth-order valence-electron chi connectivity index (χ4n) is 1.94. The molecule has 5 heteroatoms. The lowest BCUT2D eigenvalue weighted by molar-refractivity contribution is 0.102. The van der Waals surface area contributed by atoms with Gasteiger partial charge >= 0.3 is 0 Å². The van der Waals surface area contributed by atoms with E-state index in [2.05, 4.69) is 10.5 Å². The van der Waals surface area contributed by atoms with Gasteiger partial charge < -0.3 is 5.32 Å². The van der Waals surface area contributed by atoms with Crippen molar-refractivity contribution in [1.29, 1.82) is 5.53 Å². The Kier molecular flexibility index (Phi) is 4.10.